The monoisotopic (exact) mass is 263 g/mol. The van der Waals surface area contributed by atoms with Crippen molar-refractivity contribution in [1.82, 2.24) is 4.90 Å². The Morgan fingerprint density at radius 1 is 1.37 bits per heavy atom. The average Bonchev–Trinajstić information content (AvgIpc) is 2.81. The molecule has 1 amide bonds. The van der Waals surface area contributed by atoms with Crippen LogP contribution in [0.4, 0.5) is 0 Å². The highest BCUT2D eigenvalue weighted by molar-refractivity contribution is 5.86. The maximum absolute atomic E-state index is 11.7. The van der Waals surface area contributed by atoms with Gasteiger partial charge in [0, 0.05) is 13.0 Å². The van der Waals surface area contributed by atoms with Gasteiger partial charge in [-0.1, -0.05) is 18.2 Å². The SMILES string of the molecule is COC(=O)C1CC(=O)N(CCOc2ccccc2)C1. The molecule has 1 unspecified atom stereocenters. The number of rotatable bonds is 5. The summed E-state index contributed by atoms with van der Waals surface area (Å²) in [6.07, 6.45) is 0.234. The lowest BCUT2D eigenvalue weighted by Crippen LogP contribution is -2.30. The first-order chi connectivity index (χ1) is 9.20. The number of esters is 1. The fourth-order valence-electron chi connectivity index (χ4n) is 2.10. The minimum Gasteiger partial charge on any atom is -0.492 e. The molecule has 0 N–H and O–H groups in total. The van der Waals surface area contributed by atoms with Gasteiger partial charge in [0.25, 0.3) is 0 Å². The van der Waals surface area contributed by atoms with E-state index in [1.807, 2.05) is 30.3 Å². The van der Waals surface area contributed by atoms with Crippen LogP contribution in [0.15, 0.2) is 30.3 Å². The highest BCUT2D eigenvalue weighted by atomic mass is 16.5. The van der Waals surface area contributed by atoms with Gasteiger partial charge < -0.3 is 14.4 Å². The first kappa shape index (κ1) is 13.4. The fourth-order valence-corrected chi connectivity index (χ4v) is 2.10. The van der Waals surface area contributed by atoms with Crippen molar-refractivity contribution >= 4 is 11.9 Å². The van der Waals surface area contributed by atoms with Gasteiger partial charge in [-0.15, -0.1) is 0 Å². The van der Waals surface area contributed by atoms with E-state index in [4.69, 9.17) is 4.74 Å². The smallest absolute Gasteiger partial charge is 0.310 e. The van der Waals surface area contributed by atoms with Crippen LogP contribution in [0.3, 0.4) is 0 Å². The Morgan fingerprint density at radius 2 is 2.11 bits per heavy atom. The first-order valence-corrected chi connectivity index (χ1v) is 6.24. The lowest BCUT2D eigenvalue weighted by atomic mass is 10.1. The van der Waals surface area contributed by atoms with Gasteiger partial charge in [0.15, 0.2) is 0 Å². The molecular formula is C14H17NO4. The van der Waals surface area contributed by atoms with Gasteiger partial charge in [-0.3, -0.25) is 9.59 Å². The number of ether oxygens (including phenoxy) is 2. The standard InChI is InChI=1S/C14H17NO4/c1-18-14(17)11-9-13(16)15(10-11)7-8-19-12-5-3-2-4-6-12/h2-6,11H,7-10H2,1H3. The van der Waals surface area contributed by atoms with Gasteiger partial charge >= 0.3 is 5.97 Å². The Morgan fingerprint density at radius 3 is 2.79 bits per heavy atom. The molecule has 0 radical (unpaired) electrons. The van der Waals surface area contributed by atoms with Gasteiger partial charge in [0.1, 0.15) is 12.4 Å². The highest BCUT2D eigenvalue weighted by Gasteiger charge is 2.34. The number of carbonyl (C=O) groups is 2. The van der Waals surface area contributed by atoms with E-state index in [1.54, 1.807) is 4.90 Å². The van der Waals surface area contributed by atoms with Gasteiger partial charge in [-0.05, 0) is 12.1 Å². The first-order valence-electron chi connectivity index (χ1n) is 6.24. The Bertz CT molecular complexity index is 446. The number of nitrogens with zero attached hydrogens (tertiary/aromatic N) is 1. The van der Waals surface area contributed by atoms with Gasteiger partial charge in [0.05, 0.1) is 19.6 Å². The predicted molar refractivity (Wildman–Crippen MR) is 68.6 cm³/mol. The molecule has 19 heavy (non-hydrogen) atoms. The average molecular weight is 263 g/mol. The van der Waals surface area contributed by atoms with E-state index in [0.717, 1.165) is 5.75 Å². The van der Waals surface area contributed by atoms with Crippen molar-refractivity contribution in [3.63, 3.8) is 0 Å². The summed E-state index contributed by atoms with van der Waals surface area (Å²) in [4.78, 5) is 24.7. The van der Waals surface area contributed by atoms with Crippen LogP contribution < -0.4 is 4.74 Å². The zero-order chi connectivity index (χ0) is 13.7. The van der Waals surface area contributed by atoms with E-state index in [0.29, 0.717) is 19.7 Å². The van der Waals surface area contributed by atoms with Crippen molar-refractivity contribution in [2.24, 2.45) is 5.92 Å². The van der Waals surface area contributed by atoms with Crippen LogP contribution in [0.5, 0.6) is 5.75 Å². The molecule has 1 aliphatic heterocycles. The van der Waals surface area contributed by atoms with Gasteiger partial charge in [0.2, 0.25) is 5.91 Å². The summed E-state index contributed by atoms with van der Waals surface area (Å²) < 4.78 is 10.2. The molecule has 5 heteroatoms. The van der Waals surface area contributed by atoms with Crippen LogP contribution in [0.1, 0.15) is 6.42 Å². The lowest BCUT2D eigenvalue weighted by molar-refractivity contribution is -0.145. The van der Waals surface area contributed by atoms with E-state index < -0.39 is 0 Å². The number of para-hydroxylation sites is 1. The number of amides is 1. The summed E-state index contributed by atoms with van der Waals surface area (Å²) in [7, 11) is 1.34. The lowest BCUT2D eigenvalue weighted by Gasteiger charge is -2.16. The molecule has 0 aliphatic carbocycles. The molecule has 1 heterocycles. The molecule has 5 nitrogen and oxygen atoms in total. The number of methoxy groups -OCH3 is 1. The van der Waals surface area contributed by atoms with Crippen LogP contribution in [0.25, 0.3) is 0 Å². The second-order valence-electron chi connectivity index (χ2n) is 4.43. The Labute approximate surface area is 112 Å². The summed E-state index contributed by atoms with van der Waals surface area (Å²) in [6.45, 7) is 1.33. The molecule has 0 spiro atoms. The number of benzene rings is 1. The molecule has 2 rings (SSSR count). The fraction of sp³-hybridized carbons (Fsp3) is 0.429. The van der Waals surface area contributed by atoms with E-state index in [2.05, 4.69) is 4.74 Å². The quantitative estimate of drug-likeness (QED) is 0.746. The number of likely N-dealkylation sites (tertiary alicyclic amines) is 1. The van der Waals surface area contributed by atoms with E-state index in [9.17, 15) is 9.59 Å². The van der Waals surface area contributed by atoms with Crippen LogP contribution in [0.2, 0.25) is 0 Å². The molecule has 0 aromatic heterocycles. The van der Waals surface area contributed by atoms with E-state index >= 15 is 0 Å². The Kier molecular flexibility index (Phi) is 4.39. The summed E-state index contributed by atoms with van der Waals surface area (Å²) in [5.41, 5.74) is 0. The third-order valence-electron chi connectivity index (χ3n) is 3.12. The minimum atomic E-state index is -0.339. The minimum absolute atomic E-state index is 0.0212. The normalized spacial score (nSPS) is 18.5. The maximum atomic E-state index is 11.7. The van der Waals surface area contributed by atoms with Gasteiger partial charge in [-0.25, -0.2) is 0 Å². The van der Waals surface area contributed by atoms with Crippen molar-refractivity contribution < 1.29 is 19.1 Å². The maximum Gasteiger partial charge on any atom is 0.310 e. The van der Waals surface area contributed by atoms with Crippen LogP contribution in [-0.2, 0) is 14.3 Å². The van der Waals surface area contributed by atoms with Crippen molar-refractivity contribution in [3.05, 3.63) is 30.3 Å². The number of hydrogen-bond donors (Lipinski definition) is 0. The third-order valence-corrected chi connectivity index (χ3v) is 3.12. The number of hydrogen-bond acceptors (Lipinski definition) is 4. The van der Waals surface area contributed by atoms with Crippen molar-refractivity contribution in [2.75, 3.05) is 26.8 Å². The second-order valence-corrected chi connectivity index (χ2v) is 4.43. The Hall–Kier alpha value is -2.04. The second kappa shape index (κ2) is 6.22. The largest absolute Gasteiger partial charge is 0.492 e. The third kappa shape index (κ3) is 3.47. The number of carbonyl (C=O) groups excluding carboxylic acids is 2. The van der Waals surface area contributed by atoms with Crippen molar-refractivity contribution in [1.29, 1.82) is 0 Å². The summed E-state index contributed by atoms with van der Waals surface area (Å²) in [6, 6.07) is 9.43. The molecule has 0 saturated carbocycles. The summed E-state index contributed by atoms with van der Waals surface area (Å²) in [5, 5.41) is 0. The van der Waals surface area contributed by atoms with Gasteiger partial charge in [-0.2, -0.15) is 0 Å². The molecule has 1 aromatic carbocycles. The van der Waals surface area contributed by atoms with Crippen molar-refractivity contribution in [2.45, 2.75) is 6.42 Å². The molecule has 1 aromatic rings. The zero-order valence-corrected chi connectivity index (χ0v) is 10.9. The van der Waals surface area contributed by atoms with E-state index in [1.165, 1.54) is 7.11 Å². The molecular weight excluding hydrogens is 246 g/mol. The Balaban J connectivity index is 1.78. The summed E-state index contributed by atoms with van der Waals surface area (Å²) in [5.74, 6) is 0.0970. The topological polar surface area (TPSA) is 55.8 Å². The zero-order valence-electron chi connectivity index (χ0n) is 10.9. The van der Waals surface area contributed by atoms with Crippen LogP contribution >= 0.6 is 0 Å². The van der Waals surface area contributed by atoms with Crippen LogP contribution in [-0.4, -0.2) is 43.6 Å². The highest BCUT2D eigenvalue weighted by Crippen LogP contribution is 2.18. The molecule has 0 bridgehead atoms. The molecule has 1 aliphatic rings. The predicted octanol–water partition coefficient (Wildman–Crippen LogP) is 1.09. The molecule has 102 valence electrons. The molecule has 1 fully saturated rings. The van der Waals surface area contributed by atoms with E-state index in [-0.39, 0.29) is 24.2 Å². The van der Waals surface area contributed by atoms with Crippen LogP contribution in [0, 0.1) is 5.92 Å². The molecule has 1 atom stereocenters. The van der Waals surface area contributed by atoms with Crippen molar-refractivity contribution in [3.8, 4) is 5.75 Å². The summed E-state index contributed by atoms with van der Waals surface area (Å²) >= 11 is 0. The molecule has 1 saturated heterocycles.